The van der Waals surface area contributed by atoms with Crippen molar-refractivity contribution in [2.75, 3.05) is 5.32 Å². The highest BCUT2D eigenvalue weighted by Gasteiger charge is 2.21. The van der Waals surface area contributed by atoms with Crippen molar-refractivity contribution in [1.29, 1.82) is 0 Å². The van der Waals surface area contributed by atoms with Crippen LogP contribution in [0.4, 0.5) is 5.69 Å². The number of rotatable bonds is 6. The Morgan fingerprint density at radius 1 is 0.886 bits per heavy atom. The third-order valence-corrected chi connectivity index (χ3v) is 6.14. The Labute approximate surface area is 208 Å². The minimum absolute atomic E-state index is 0.233. The Morgan fingerprint density at radius 2 is 1.54 bits per heavy atom. The largest absolute Gasteiger partial charge is 0.319 e. The molecule has 1 N–H and O–H groups in total. The summed E-state index contributed by atoms with van der Waals surface area (Å²) < 4.78 is 3.63. The smallest absolute Gasteiger partial charge is 0.259 e. The number of carbonyl (C=O) groups excluding carboxylic acids is 1. The van der Waals surface area contributed by atoms with E-state index in [1.807, 2.05) is 103 Å². The van der Waals surface area contributed by atoms with Crippen LogP contribution in [0.25, 0.3) is 16.9 Å². The van der Waals surface area contributed by atoms with Crippen molar-refractivity contribution < 1.29 is 4.79 Å². The molecule has 0 bridgehead atoms. The van der Waals surface area contributed by atoms with E-state index < -0.39 is 0 Å². The van der Waals surface area contributed by atoms with Gasteiger partial charge >= 0.3 is 0 Å². The Hall–Kier alpha value is -4.16. The fourth-order valence-electron chi connectivity index (χ4n) is 4.04. The summed E-state index contributed by atoms with van der Waals surface area (Å²) in [6.45, 7) is 4.43. The molecular formula is C28H24ClN5O. The summed E-state index contributed by atoms with van der Waals surface area (Å²) in [4.78, 5) is 13.5. The molecule has 0 fully saturated rings. The van der Waals surface area contributed by atoms with E-state index in [0.717, 1.165) is 28.2 Å². The highest BCUT2D eigenvalue weighted by molar-refractivity contribution is 6.30. The lowest BCUT2D eigenvalue weighted by molar-refractivity contribution is 0.102. The average Bonchev–Trinajstić information content (AvgIpc) is 3.44. The second kappa shape index (κ2) is 9.60. The van der Waals surface area contributed by atoms with E-state index in [4.69, 9.17) is 16.7 Å². The minimum atomic E-state index is -0.233. The fourth-order valence-corrected chi connectivity index (χ4v) is 4.16. The number of carbonyl (C=O) groups is 1. The van der Waals surface area contributed by atoms with Crippen molar-refractivity contribution in [2.24, 2.45) is 0 Å². The van der Waals surface area contributed by atoms with Gasteiger partial charge in [0.1, 0.15) is 5.69 Å². The van der Waals surface area contributed by atoms with Gasteiger partial charge in [-0.1, -0.05) is 72.3 Å². The summed E-state index contributed by atoms with van der Waals surface area (Å²) in [5.74, 6) is -0.233. The molecule has 2 heterocycles. The van der Waals surface area contributed by atoms with Crippen LogP contribution in [0.2, 0.25) is 5.02 Å². The molecule has 174 valence electrons. The number of amides is 1. The van der Waals surface area contributed by atoms with Crippen molar-refractivity contribution in [2.45, 2.75) is 20.4 Å². The lowest BCUT2D eigenvalue weighted by Gasteiger charge is -2.08. The first-order valence-electron chi connectivity index (χ1n) is 11.3. The predicted octanol–water partition coefficient (Wildman–Crippen LogP) is 6.31. The highest BCUT2D eigenvalue weighted by Crippen LogP contribution is 2.27. The van der Waals surface area contributed by atoms with Gasteiger partial charge in [-0.05, 0) is 43.7 Å². The molecule has 0 aliphatic heterocycles. The summed E-state index contributed by atoms with van der Waals surface area (Å²) in [6.07, 6.45) is 1.77. The van der Waals surface area contributed by atoms with Crippen molar-refractivity contribution in [3.63, 3.8) is 0 Å². The summed E-state index contributed by atoms with van der Waals surface area (Å²) in [6, 6.07) is 27.2. The Balaban J connectivity index is 1.47. The molecule has 5 aromatic rings. The standard InChI is InChI=1S/C28H24ClN5O/c1-19-26(20(2)33(31-19)17-21-13-15-23(29)16-14-21)30-28(35)25-18-34(24-11-7-4-8-12-24)32-27(25)22-9-5-3-6-10-22/h3-16,18H,17H2,1-2H3,(H,30,35). The molecular weight excluding hydrogens is 458 g/mol. The Kier molecular flexibility index (Phi) is 6.21. The van der Waals surface area contributed by atoms with E-state index in [-0.39, 0.29) is 5.91 Å². The Morgan fingerprint density at radius 3 is 2.23 bits per heavy atom. The number of aromatic nitrogens is 4. The molecule has 35 heavy (non-hydrogen) atoms. The van der Waals surface area contributed by atoms with Gasteiger partial charge in [0.25, 0.3) is 5.91 Å². The molecule has 3 aromatic carbocycles. The molecule has 0 saturated carbocycles. The van der Waals surface area contributed by atoms with Crippen LogP contribution in [-0.4, -0.2) is 25.5 Å². The first-order valence-corrected chi connectivity index (χ1v) is 11.7. The molecule has 0 atom stereocenters. The van der Waals surface area contributed by atoms with Crippen molar-refractivity contribution in [1.82, 2.24) is 19.6 Å². The van der Waals surface area contributed by atoms with Crippen LogP contribution >= 0.6 is 11.6 Å². The number of aryl methyl sites for hydroxylation is 1. The van der Waals surface area contributed by atoms with Gasteiger partial charge in [0.2, 0.25) is 0 Å². The molecule has 0 spiro atoms. The second-order valence-electron chi connectivity index (χ2n) is 8.32. The van der Waals surface area contributed by atoms with Crippen molar-refractivity contribution in [3.05, 3.63) is 119 Å². The predicted molar refractivity (Wildman–Crippen MR) is 139 cm³/mol. The zero-order chi connectivity index (χ0) is 24.4. The molecule has 7 heteroatoms. The molecule has 0 aliphatic rings. The van der Waals surface area contributed by atoms with Crippen LogP contribution in [0.3, 0.4) is 0 Å². The maximum Gasteiger partial charge on any atom is 0.259 e. The van der Waals surface area contributed by atoms with Crippen molar-refractivity contribution in [3.8, 4) is 16.9 Å². The molecule has 0 radical (unpaired) electrons. The summed E-state index contributed by atoms with van der Waals surface area (Å²) in [5, 5.41) is 13.2. The fraction of sp³-hybridized carbons (Fsp3) is 0.107. The van der Waals surface area contributed by atoms with Gasteiger partial charge < -0.3 is 5.32 Å². The third kappa shape index (κ3) is 4.74. The monoisotopic (exact) mass is 481 g/mol. The summed E-state index contributed by atoms with van der Waals surface area (Å²) >= 11 is 6.01. The topological polar surface area (TPSA) is 64.7 Å². The molecule has 0 saturated heterocycles. The van der Waals surface area contributed by atoms with Crippen molar-refractivity contribution >= 4 is 23.2 Å². The maximum atomic E-state index is 13.5. The summed E-state index contributed by atoms with van der Waals surface area (Å²) in [7, 11) is 0. The van der Waals surface area contributed by atoms with Gasteiger partial charge in [0, 0.05) is 16.8 Å². The lowest BCUT2D eigenvalue weighted by atomic mass is 10.1. The molecule has 0 unspecified atom stereocenters. The quantitative estimate of drug-likeness (QED) is 0.309. The average molecular weight is 482 g/mol. The molecule has 2 aromatic heterocycles. The van der Waals surface area contributed by atoms with E-state index in [2.05, 4.69) is 10.4 Å². The Bertz CT molecular complexity index is 1470. The van der Waals surface area contributed by atoms with E-state index in [1.54, 1.807) is 10.9 Å². The zero-order valence-electron chi connectivity index (χ0n) is 19.4. The van der Waals surface area contributed by atoms with Gasteiger partial charge in [-0.2, -0.15) is 10.2 Å². The van der Waals surface area contributed by atoms with Crippen LogP contribution in [0.5, 0.6) is 0 Å². The van der Waals surface area contributed by atoms with Gasteiger partial charge in [-0.3, -0.25) is 9.48 Å². The zero-order valence-corrected chi connectivity index (χ0v) is 20.2. The number of hydrogen-bond donors (Lipinski definition) is 1. The first kappa shape index (κ1) is 22.6. The van der Waals surface area contributed by atoms with Crippen LogP contribution < -0.4 is 5.32 Å². The van der Waals surface area contributed by atoms with Crippen LogP contribution in [0.1, 0.15) is 27.3 Å². The SMILES string of the molecule is Cc1nn(Cc2ccc(Cl)cc2)c(C)c1NC(=O)c1cn(-c2ccccc2)nc1-c1ccccc1. The van der Waals surface area contributed by atoms with Gasteiger partial charge in [0.15, 0.2) is 0 Å². The summed E-state index contributed by atoms with van der Waals surface area (Å²) in [5.41, 5.74) is 6.28. The number of nitrogens with one attached hydrogen (secondary N) is 1. The van der Waals surface area contributed by atoms with E-state index in [9.17, 15) is 4.79 Å². The molecule has 1 amide bonds. The molecule has 5 rings (SSSR count). The minimum Gasteiger partial charge on any atom is -0.319 e. The lowest BCUT2D eigenvalue weighted by Crippen LogP contribution is -2.14. The number of hydrogen-bond acceptors (Lipinski definition) is 3. The highest BCUT2D eigenvalue weighted by atomic mass is 35.5. The van der Waals surface area contributed by atoms with E-state index in [1.165, 1.54) is 0 Å². The third-order valence-electron chi connectivity index (χ3n) is 5.89. The molecule has 0 aliphatic carbocycles. The number of benzene rings is 3. The second-order valence-corrected chi connectivity index (χ2v) is 8.76. The van der Waals surface area contributed by atoms with Gasteiger partial charge in [-0.15, -0.1) is 0 Å². The molecule has 6 nitrogen and oxygen atoms in total. The number of para-hydroxylation sites is 1. The normalized spacial score (nSPS) is 10.9. The van der Waals surface area contributed by atoms with Crippen LogP contribution in [-0.2, 0) is 6.54 Å². The van der Waals surface area contributed by atoms with Crippen LogP contribution in [0, 0.1) is 13.8 Å². The first-order chi connectivity index (χ1) is 17.0. The number of halogens is 1. The number of anilines is 1. The van der Waals surface area contributed by atoms with Gasteiger partial charge in [0.05, 0.1) is 34.9 Å². The number of nitrogens with zero attached hydrogens (tertiary/aromatic N) is 4. The van der Waals surface area contributed by atoms with Crippen LogP contribution in [0.15, 0.2) is 91.1 Å². The van der Waals surface area contributed by atoms with E-state index >= 15 is 0 Å². The van der Waals surface area contributed by atoms with Gasteiger partial charge in [-0.25, -0.2) is 4.68 Å². The maximum absolute atomic E-state index is 13.5. The van der Waals surface area contributed by atoms with E-state index in [0.29, 0.717) is 28.5 Å².